The van der Waals surface area contributed by atoms with E-state index in [1.807, 2.05) is 0 Å². The van der Waals surface area contributed by atoms with Gasteiger partial charge in [-0.2, -0.15) is 0 Å². The largest absolute Gasteiger partial charge is 0.478 e. The molecular formula is C15H15FN2O4S. The third-order valence-corrected chi connectivity index (χ3v) is 3.89. The van der Waals surface area contributed by atoms with Crippen LogP contribution in [-0.2, 0) is 14.8 Å². The van der Waals surface area contributed by atoms with Crippen LogP contribution in [0.2, 0.25) is 0 Å². The summed E-state index contributed by atoms with van der Waals surface area (Å²) in [5.74, 6) is -1.10. The average Bonchev–Trinajstić information content (AvgIpc) is 2.49. The monoisotopic (exact) mass is 338 g/mol. The molecule has 23 heavy (non-hydrogen) atoms. The van der Waals surface area contributed by atoms with E-state index in [2.05, 4.69) is 5.32 Å². The highest BCUT2D eigenvalue weighted by Gasteiger charge is 2.17. The summed E-state index contributed by atoms with van der Waals surface area (Å²) in [4.78, 5) is 11.9. The van der Waals surface area contributed by atoms with E-state index in [1.54, 1.807) is 6.07 Å². The first kappa shape index (κ1) is 16.9. The molecule has 0 aliphatic rings. The predicted octanol–water partition coefficient (Wildman–Crippen LogP) is 1.88. The van der Waals surface area contributed by atoms with Crippen LogP contribution in [-0.4, -0.2) is 20.4 Å². The summed E-state index contributed by atoms with van der Waals surface area (Å²) >= 11 is 0. The minimum atomic E-state index is -3.79. The summed E-state index contributed by atoms with van der Waals surface area (Å²) in [5, 5.41) is 7.52. The summed E-state index contributed by atoms with van der Waals surface area (Å²) in [6, 6.07) is 11.1. The molecule has 2 aromatic carbocycles. The standard InChI is InChI=1S/C15H15FN2O4S/c1-10(22-14-5-3-2-4-13(14)16)15(19)18-11-6-8-12(9-7-11)23(17,20)21/h2-10H,1H3,(H,18,19)(H2,17,20,21)/t10-/m1/s1. The van der Waals surface area contributed by atoms with Crippen LogP contribution in [0, 0.1) is 5.82 Å². The molecule has 3 N–H and O–H groups in total. The van der Waals surface area contributed by atoms with E-state index >= 15 is 0 Å². The fourth-order valence-corrected chi connectivity index (χ4v) is 2.27. The Morgan fingerprint density at radius 2 is 1.78 bits per heavy atom. The second kappa shape index (κ2) is 6.76. The number of nitrogens with one attached hydrogen (secondary N) is 1. The molecule has 0 aromatic heterocycles. The normalized spacial score (nSPS) is 12.5. The molecule has 0 fully saturated rings. The van der Waals surface area contributed by atoms with Gasteiger partial charge in [0.1, 0.15) is 0 Å². The van der Waals surface area contributed by atoms with E-state index in [0.717, 1.165) is 0 Å². The van der Waals surface area contributed by atoms with Gasteiger partial charge in [-0.1, -0.05) is 12.1 Å². The van der Waals surface area contributed by atoms with Crippen LogP contribution >= 0.6 is 0 Å². The summed E-state index contributed by atoms with van der Waals surface area (Å²) < 4.78 is 41.0. The molecule has 0 spiro atoms. The van der Waals surface area contributed by atoms with Gasteiger partial charge in [-0.05, 0) is 43.3 Å². The molecule has 8 heteroatoms. The highest BCUT2D eigenvalue weighted by molar-refractivity contribution is 7.89. The smallest absolute Gasteiger partial charge is 0.265 e. The Bertz CT molecular complexity index is 806. The van der Waals surface area contributed by atoms with Gasteiger partial charge >= 0.3 is 0 Å². The first-order valence-electron chi connectivity index (χ1n) is 6.62. The van der Waals surface area contributed by atoms with E-state index < -0.39 is 27.9 Å². The zero-order chi connectivity index (χ0) is 17.0. The molecular weight excluding hydrogens is 323 g/mol. The number of para-hydroxylation sites is 1. The van der Waals surface area contributed by atoms with Crippen molar-refractivity contribution in [3.63, 3.8) is 0 Å². The summed E-state index contributed by atoms with van der Waals surface area (Å²) in [6.07, 6.45) is -0.940. The number of hydrogen-bond donors (Lipinski definition) is 2. The van der Waals surface area contributed by atoms with Gasteiger partial charge in [0, 0.05) is 5.69 Å². The summed E-state index contributed by atoms with van der Waals surface area (Å²) in [6.45, 7) is 1.47. The van der Waals surface area contributed by atoms with Crippen molar-refractivity contribution >= 4 is 21.6 Å². The van der Waals surface area contributed by atoms with Crippen LogP contribution in [0.4, 0.5) is 10.1 Å². The Morgan fingerprint density at radius 1 is 1.17 bits per heavy atom. The minimum Gasteiger partial charge on any atom is -0.478 e. The van der Waals surface area contributed by atoms with Crippen molar-refractivity contribution in [3.8, 4) is 5.75 Å². The third-order valence-electron chi connectivity index (χ3n) is 2.96. The SMILES string of the molecule is C[C@@H](Oc1ccccc1F)C(=O)Nc1ccc(S(N)(=O)=O)cc1. The molecule has 0 aliphatic carbocycles. The average molecular weight is 338 g/mol. The summed E-state index contributed by atoms with van der Waals surface area (Å²) in [7, 11) is -3.79. The lowest BCUT2D eigenvalue weighted by Gasteiger charge is -2.15. The fourth-order valence-electron chi connectivity index (χ4n) is 1.76. The van der Waals surface area contributed by atoms with E-state index in [0.29, 0.717) is 5.69 Å². The molecule has 0 unspecified atom stereocenters. The van der Waals surface area contributed by atoms with Gasteiger partial charge in [0.2, 0.25) is 10.0 Å². The number of rotatable bonds is 5. The predicted molar refractivity (Wildman–Crippen MR) is 82.9 cm³/mol. The number of anilines is 1. The second-order valence-electron chi connectivity index (χ2n) is 4.75. The topological polar surface area (TPSA) is 98.5 Å². The zero-order valence-corrected chi connectivity index (χ0v) is 13.0. The first-order chi connectivity index (χ1) is 10.8. The van der Waals surface area contributed by atoms with Crippen molar-refractivity contribution in [2.75, 3.05) is 5.32 Å². The van der Waals surface area contributed by atoms with Gasteiger partial charge in [-0.15, -0.1) is 0 Å². The maximum absolute atomic E-state index is 13.5. The summed E-state index contributed by atoms with van der Waals surface area (Å²) in [5.41, 5.74) is 0.367. The van der Waals surface area contributed by atoms with Gasteiger partial charge in [0.05, 0.1) is 4.90 Å². The Kier molecular flexibility index (Phi) is 4.97. The van der Waals surface area contributed by atoms with E-state index in [-0.39, 0.29) is 10.6 Å². The third kappa shape index (κ3) is 4.51. The minimum absolute atomic E-state index is 0.0280. The highest BCUT2D eigenvalue weighted by atomic mass is 32.2. The number of carbonyl (C=O) groups is 1. The van der Waals surface area contributed by atoms with Gasteiger partial charge < -0.3 is 10.1 Å². The first-order valence-corrected chi connectivity index (χ1v) is 8.17. The Labute approximate surface area is 133 Å². The van der Waals surface area contributed by atoms with Crippen LogP contribution in [0.5, 0.6) is 5.75 Å². The van der Waals surface area contributed by atoms with Crippen LogP contribution < -0.4 is 15.2 Å². The van der Waals surface area contributed by atoms with Gasteiger partial charge in [-0.3, -0.25) is 4.79 Å². The fraction of sp³-hybridized carbons (Fsp3) is 0.133. The number of ether oxygens (including phenoxy) is 1. The molecule has 6 nitrogen and oxygen atoms in total. The Balaban J connectivity index is 2.02. The number of carbonyl (C=O) groups excluding carboxylic acids is 1. The van der Waals surface area contributed by atoms with Crippen LogP contribution in [0.3, 0.4) is 0 Å². The molecule has 0 radical (unpaired) electrons. The molecule has 0 aliphatic heterocycles. The van der Waals surface area contributed by atoms with E-state index in [1.165, 1.54) is 49.4 Å². The van der Waals surface area contributed by atoms with Crippen molar-refractivity contribution in [1.82, 2.24) is 0 Å². The van der Waals surface area contributed by atoms with E-state index in [4.69, 9.17) is 9.88 Å². The molecule has 0 bridgehead atoms. The molecule has 0 heterocycles. The molecule has 1 atom stereocenters. The second-order valence-corrected chi connectivity index (χ2v) is 6.31. The highest BCUT2D eigenvalue weighted by Crippen LogP contribution is 2.18. The zero-order valence-electron chi connectivity index (χ0n) is 12.2. The number of nitrogens with two attached hydrogens (primary N) is 1. The van der Waals surface area contributed by atoms with Crippen molar-refractivity contribution < 1.29 is 22.3 Å². The molecule has 2 aromatic rings. The van der Waals surface area contributed by atoms with Crippen molar-refractivity contribution in [2.45, 2.75) is 17.9 Å². The molecule has 122 valence electrons. The van der Waals surface area contributed by atoms with Crippen molar-refractivity contribution in [3.05, 3.63) is 54.3 Å². The Morgan fingerprint density at radius 3 is 2.35 bits per heavy atom. The maximum Gasteiger partial charge on any atom is 0.265 e. The van der Waals surface area contributed by atoms with Crippen LogP contribution in [0.15, 0.2) is 53.4 Å². The number of sulfonamides is 1. The molecule has 0 saturated carbocycles. The Hall–Kier alpha value is -2.45. The van der Waals surface area contributed by atoms with Gasteiger partial charge in [0.25, 0.3) is 5.91 Å². The molecule has 1 amide bonds. The lowest BCUT2D eigenvalue weighted by atomic mass is 10.3. The van der Waals surface area contributed by atoms with Gasteiger partial charge in [0.15, 0.2) is 17.7 Å². The van der Waals surface area contributed by atoms with E-state index in [9.17, 15) is 17.6 Å². The molecule has 0 saturated heterocycles. The number of primary sulfonamides is 1. The van der Waals surface area contributed by atoms with Crippen molar-refractivity contribution in [2.24, 2.45) is 5.14 Å². The van der Waals surface area contributed by atoms with Crippen molar-refractivity contribution in [1.29, 1.82) is 0 Å². The van der Waals surface area contributed by atoms with Crippen LogP contribution in [0.1, 0.15) is 6.92 Å². The lowest BCUT2D eigenvalue weighted by Crippen LogP contribution is -2.30. The number of amides is 1. The molecule has 2 rings (SSSR count). The number of benzene rings is 2. The lowest BCUT2D eigenvalue weighted by molar-refractivity contribution is -0.122. The maximum atomic E-state index is 13.5. The quantitative estimate of drug-likeness (QED) is 0.869. The number of hydrogen-bond acceptors (Lipinski definition) is 4. The van der Waals surface area contributed by atoms with Gasteiger partial charge in [-0.25, -0.2) is 17.9 Å². The number of halogens is 1. The van der Waals surface area contributed by atoms with Crippen LogP contribution in [0.25, 0.3) is 0 Å².